The number of hydrogen-bond acceptors (Lipinski definition) is 6. The van der Waals surface area contributed by atoms with Gasteiger partial charge in [-0.1, -0.05) is 0 Å². The van der Waals surface area contributed by atoms with Crippen molar-refractivity contribution in [2.24, 2.45) is 0 Å². The standard InChI is InChI=1S/C14H17N3O5/c1-9(13(18)16-6-2-3-7-16)22-14(19)11-8-10(17(20)21)4-5-12(11)15/h4-5,8-9H,2-3,6-7,15H2,1H3/t9-/m0/s1. The molecule has 22 heavy (non-hydrogen) atoms. The van der Waals surface area contributed by atoms with Gasteiger partial charge in [0, 0.05) is 30.9 Å². The largest absolute Gasteiger partial charge is 0.449 e. The molecule has 2 N–H and O–H groups in total. The molecule has 0 aliphatic carbocycles. The van der Waals surface area contributed by atoms with E-state index >= 15 is 0 Å². The highest BCUT2D eigenvalue weighted by atomic mass is 16.6. The Morgan fingerprint density at radius 3 is 2.59 bits per heavy atom. The van der Waals surface area contributed by atoms with E-state index in [1.807, 2.05) is 0 Å². The molecular formula is C14H17N3O5. The average Bonchev–Trinajstić information content (AvgIpc) is 3.00. The molecule has 1 heterocycles. The first-order valence-corrected chi connectivity index (χ1v) is 6.94. The van der Waals surface area contributed by atoms with Gasteiger partial charge in [0.2, 0.25) is 0 Å². The minimum Gasteiger partial charge on any atom is -0.449 e. The first-order chi connectivity index (χ1) is 10.4. The number of ether oxygens (including phenoxy) is 1. The maximum atomic E-state index is 12.1. The number of likely N-dealkylation sites (tertiary alicyclic amines) is 1. The number of hydrogen-bond donors (Lipinski definition) is 1. The summed E-state index contributed by atoms with van der Waals surface area (Å²) < 4.78 is 5.09. The maximum absolute atomic E-state index is 12.1. The van der Waals surface area contributed by atoms with Crippen molar-refractivity contribution in [3.63, 3.8) is 0 Å². The first kappa shape index (κ1) is 15.7. The number of anilines is 1. The number of nitrogens with two attached hydrogens (primary N) is 1. The van der Waals surface area contributed by atoms with E-state index < -0.39 is 17.0 Å². The molecule has 2 rings (SSSR count). The third-order valence-corrected chi connectivity index (χ3v) is 3.52. The molecule has 8 heteroatoms. The number of benzene rings is 1. The zero-order chi connectivity index (χ0) is 16.3. The zero-order valence-electron chi connectivity index (χ0n) is 12.2. The minimum atomic E-state index is -0.954. The van der Waals surface area contributed by atoms with Gasteiger partial charge < -0.3 is 15.4 Å². The highest BCUT2D eigenvalue weighted by molar-refractivity contribution is 5.97. The second kappa shape index (κ2) is 6.42. The van der Waals surface area contributed by atoms with Crippen LogP contribution in [0.3, 0.4) is 0 Å². The molecular weight excluding hydrogens is 290 g/mol. The topological polar surface area (TPSA) is 116 Å². The fraction of sp³-hybridized carbons (Fsp3) is 0.429. The molecule has 0 unspecified atom stereocenters. The van der Waals surface area contributed by atoms with Crippen LogP contribution in [0.5, 0.6) is 0 Å². The summed E-state index contributed by atoms with van der Waals surface area (Å²) in [6, 6.07) is 3.51. The number of amides is 1. The van der Waals surface area contributed by atoms with E-state index in [1.165, 1.54) is 19.1 Å². The van der Waals surface area contributed by atoms with Gasteiger partial charge >= 0.3 is 5.97 Å². The van der Waals surface area contributed by atoms with E-state index in [0.29, 0.717) is 13.1 Å². The number of nitrogens with zero attached hydrogens (tertiary/aromatic N) is 2. The minimum absolute atomic E-state index is 0.0661. The number of nitrogen functional groups attached to an aromatic ring is 1. The lowest BCUT2D eigenvalue weighted by Gasteiger charge is -2.20. The average molecular weight is 307 g/mol. The van der Waals surface area contributed by atoms with Crippen LogP contribution in [0, 0.1) is 10.1 Å². The predicted molar refractivity (Wildman–Crippen MR) is 78.2 cm³/mol. The number of non-ortho nitro benzene ring substituents is 1. The van der Waals surface area contributed by atoms with Crippen molar-refractivity contribution in [2.45, 2.75) is 25.9 Å². The number of rotatable bonds is 4. The van der Waals surface area contributed by atoms with E-state index in [-0.39, 0.29) is 22.8 Å². The molecule has 1 aliphatic rings. The summed E-state index contributed by atoms with van der Waals surface area (Å²) >= 11 is 0. The Morgan fingerprint density at radius 1 is 1.36 bits per heavy atom. The van der Waals surface area contributed by atoms with Crippen LogP contribution in [-0.2, 0) is 9.53 Å². The third-order valence-electron chi connectivity index (χ3n) is 3.52. The quantitative estimate of drug-likeness (QED) is 0.388. The predicted octanol–water partition coefficient (Wildman–Crippen LogP) is 1.34. The Labute approximate surface area is 127 Å². The SMILES string of the molecule is C[C@H](OC(=O)c1cc([N+](=O)[O-])ccc1N)C(=O)N1CCCC1. The number of carbonyl (C=O) groups excluding carboxylic acids is 2. The Bertz CT molecular complexity index is 610. The van der Waals surface area contributed by atoms with Crippen molar-refractivity contribution in [1.82, 2.24) is 4.90 Å². The molecule has 1 amide bonds. The molecule has 1 aliphatic heterocycles. The summed E-state index contributed by atoms with van der Waals surface area (Å²) in [5, 5.41) is 10.7. The number of nitro benzene ring substituents is 1. The van der Waals surface area contributed by atoms with Gasteiger partial charge in [0.1, 0.15) is 0 Å². The third kappa shape index (κ3) is 3.33. The van der Waals surface area contributed by atoms with Crippen LogP contribution in [0.25, 0.3) is 0 Å². The second-order valence-corrected chi connectivity index (χ2v) is 5.11. The maximum Gasteiger partial charge on any atom is 0.341 e. The van der Waals surface area contributed by atoms with Gasteiger partial charge in [0.15, 0.2) is 6.10 Å². The van der Waals surface area contributed by atoms with Crippen molar-refractivity contribution >= 4 is 23.3 Å². The van der Waals surface area contributed by atoms with E-state index in [2.05, 4.69) is 0 Å². The molecule has 1 fully saturated rings. The Balaban J connectivity index is 2.09. The van der Waals surface area contributed by atoms with E-state index in [4.69, 9.17) is 10.5 Å². The lowest BCUT2D eigenvalue weighted by molar-refractivity contribution is -0.384. The summed E-state index contributed by atoms with van der Waals surface area (Å²) in [4.78, 5) is 35.9. The second-order valence-electron chi connectivity index (χ2n) is 5.11. The number of nitro groups is 1. The summed E-state index contributed by atoms with van der Waals surface area (Å²) in [6.45, 7) is 2.78. The van der Waals surface area contributed by atoms with Gasteiger partial charge in [-0.2, -0.15) is 0 Å². The lowest BCUT2D eigenvalue weighted by Crippen LogP contribution is -2.38. The molecule has 0 spiro atoms. The van der Waals surface area contributed by atoms with Gasteiger partial charge in [0.25, 0.3) is 11.6 Å². The monoisotopic (exact) mass is 307 g/mol. The molecule has 1 saturated heterocycles. The van der Waals surface area contributed by atoms with Crippen LogP contribution in [0.4, 0.5) is 11.4 Å². The van der Waals surface area contributed by atoms with Crippen LogP contribution in [0.2, 0.25) is 0 Å². The van der Waals surface area contributed by atoms with Gasteiger partial charge in [-0.05, 0) is 25.8 Å². The van der Waals surface area contributed by atoms with Crippen LogP contribution in [-0.4, -0.2) is 40.9 Å². The summed E-state index contributed by atoms with van der Waals surface area (Å²) in [5.41, 5.74) is 5.33. The van der Waals surface area contributed by atoms with Crippen LogP contribution < -0.4 is 5.73 Å². The van der Waals surface area contributed by atoms with E-state index in [0.717, 1.165) is 18.9 Å². The molecule has 0 aromatic heterocycles. The molecule has 0 bridgehead atoms. The molecule has 0 radical (unpaired) electrons. The fourth-order valence-electron chi connectivity index (χ4n) is 2.30. The molecule has 1 aromatic rings. The smallest absolute Gasteiger partial charge is 0.341 e. The highest BCUT2D eigenvalue weighted by Crippen LogP contribution is 2.21. The van der Waals surface area contributed by atoms with Crippen molar-refractivity contribution < 1.29 is 19.2 Å². The van der Waals surface area contributed by atoms with Crippen LogP contribution in [0.1, 0.15) is 30.1 Å². The molecule has 0 saturated carbocycles. The van der Waals surface area contributed by atoms with Crippen molar-refractivity contribution in [2.75, 3.05) is 18.8 Å². The lowest BCUT2D eigenvalue weighted by atomic mass is 10.1. The van der Waals surface area contributed by atoms with Crippen molar-refractivity contribution in [3.05, 3.63) is 33.9 Å². The number of carbonyl (C=O) groups is 2. The fourth-order valence-corrected chi connectivity index (χ4v) is 2.30. The normalized spacial score (nSPS) is 15.4. The van der Waals surface area contributed by atoms with Crippen molar-refractivity contribution in [1.29, 1.82) is 0 Å². The van der Waals surface area contributed by atoms with Gasteiger partial charge in [-0.25, -0.2) is 4.79 Å². The molecule has 8 nitrogen and oxygen atoms in total. The van der Waals surface area contributed by atoms with Gasteiger partial charge in [-0.3, -0.25) is 14.9 Å². The Hall–Kier alpha value is -2.64. The van der Waals surface area contributed by atoms with Crippen molar-refractivity contribution in [3.8, 4) is 0 Å². The van der Waals surface area contributed by atoms with Gasteiger partial charge in [-0.15, -0.1) is 0 Å². The Kier molecular flexibility index (Phi) is 4.59. The Morgan fingerprint density at radius 2 is 2.00 bits per heavy atom. The van der Waals surface area contributed by atoms with Crippen LogP contribution >= 0.6 is 0 Å². The molecule has 1 atom stereocenters. The summed E-state index contributed by atoms with van der Waals surface area (Å²) in [6.07, 6.45) is 0.915. The van der Waals surface area contributed by atoms with E-state index in [9.17, 15) is 19.7 Å². The van der Waals surface area contributed by atoms with Gasteiger partial charge in [0.05, 0.1) is 10.5 Å². The summed E-state index contributed by atoms with van der Waals surface area (Å²) in [5.74, 6) is -1.11. The van der Waals surface area contributed by atoms with E-state index in [1.54, 1.807) is 4.90 Å². The summed E-state index contributed by atoms with van der Waals surface area (Å²) in [7, 11) is 0. The molecule has 118 valence electrons. The zero-order valence-corrected chi connectivity index (χ0v) is 12.2. The first-order valence-electron chi connectivity index (χ1n) is 6.94. The number of esters is 1. The molecule has 1 aromatic carbocycles. The van der Waals surface area contributed by atoms with Crippen LogP contribution in [0.15, 0.2) is 18.2 Å². The highest BCUT2D eigenvalue weighted by Gasteiger charge is 2.27.